The molecule has 0 spiro atoms. The van der Waals surface area contributed by atoms with Gasteiger partial charge in [-0.1, -0.05) is 36.4 Å². The Hall–Kier alpha value is -1.87. The molecule has 0 fully saturated rings. The molecule has 2 N–H and O–H groups in total. The Morgan fingerprint density at radius 2 is 1.81 bits per heavy atom. The first-order valence-corrected chi connectivity index (χ1v) is 7.58. The molecular weight excluding hydrogens is 263 g/mol. The van der Waals surface area contributed by atoms with E-state index in [2.05, 4.69) is 29.2 Å². The van der Waals surface area contributed by atoms with E-state index in [1.54, 1.807) is 12.1 Å². The second-order valence-corrected chi connectivity index (χ2v) is 5.66. The molecule has 2 nitrogen and oxygen atoms in total. The first kappa shape index (κ1) is 14.1. The Bertz CT molecular complexity index is 612. The summed E-state index contributed by atoms with van der Waals surface area (Å²) in [6.45, 7) is 1.64. The van der Waals surface area contributed by atoms with E-state index >= 15 is 0 Å². The van der Waals surface area contributed by atoms with Crippen molar-refractivity contribution in [3.05, 3.63) is 65.5 Å². The lowest BCUT2D eigenvalue weighted by Gasteiger charge is -2.28. The normalized spacial score (nSPS) is 16.2. The molecule has 0 radical (unpaired) electrons. The number of halogens is 1. The minimum absolute atomic E-state index is 0.215. The van der Waals surface area contributed by atoms with Gasteiger partial charge in [0.05, 0.1) is 6.04 Å². The summed E-state index contributed by atoms with van der Waals surface area (Å²) in [6, 6.07) is 15.0. The van der Waals surface area contributed by atoms with E-state index in [-0.39, 0.29) is 11.9 Å². The summed E-state index contributed by atoms with van der Waals surface area (Å²) in [5.74, 6) is -0.215. The van der Waals surface area contributed by atoms with Crippen molar-refractivity contribution < 1.29 is 4.39 Å². The first-order valence-electron chi connectivity index (χ1n) is 7.58. The highest BCUT2D eigenvalue weighted by Crippen LogP contribution is 2.28. The summed E-state index contributed by atoms with van der Waals surface area (Å²) in [4.78, 5) is 2.30. The number of benzene rings is 2. The predicted molar refractivity (Wildman–Crippen MR) is 84.9 cm³/mol. The van der Waals surface area contributed by atoms with Crippen molar-refractivity contribution >= 4 is 5.69 Å². The van der Waals surface area contributed by atoms with Crippen LogP contribution in [0, 0.1) is 5.82 Å². The van der Waals surface area contributed by atoms with Crippen molar-refractivity contribution in [2.24, 2.45) is 5.73 Å². The van der Waals surface area contributed by atoms with Crippen LogP contribution in [0.2, 0.25) is 0 Å². The largest absolute Gasteiger partial charge is 0.369 e. The number of para-hydroxylation sites is 1. The van der Waals surface area contributed by atoms with Crippen LogP contribution in [0.3, 0.4) is 0 Å². The van der Waals surface area contributed by atoms with Gasteiger partial charge in [0.25, 0.3) is 0 Å². The molecule has 0 amide bonds. The number of fused-ring (bicyclic) bond motifs is 1. The maximum Gasteiger partial charge on any atom is 0.128 e. The zero-order chi connectivity index (χ0) is 14.7. The molecule has 0 saturated carbocycles. The molecule has 3 heteroatoms. The lowest BCUT2D eigenvalue weighted by molar-refractivity contribution is 0.571. The van der Waals surface area contributed by atoms with Crippen molar-refractivity contribution in [1.29, 1.82) is 0 Å². The summed E-state index contributed by atoms with van der Waals surface area (Å²) >= 11 is 0. The number of nitrogens with two attached hydrogens (primary N) is 1. The second-order valence-electron chi connectivity index (χ2n) is 5.66. The second kappa shape index (κ2) is 6.27. The third kappa shape index (κ3) is 3.08. The van der Waals surface area contributed by atoms with Crippen LogP contribution in [0.15, 0.2) is 48.5 Å². The molecule has 1 heterocycles. The van der Waals surface area contributed by atoms with Crippen LogP contribution >= 0.6 is 0 Å². The summed E-state index contributed by atoms with van der Waals surface area (Å²) in [5.41, 5.74) is 9.47. The average molecular weight is 284 g/mol. The van der Waals surface area contributed by atoms with Crippen molar-refractivity contribution in [2.75, 3.05) is 18.0 Å². The van der Waals surface area contributed by atoms with Crippen molar-refractivity contribution in [1.82, 2.24) is 0 Å². The van der Waals surface area contributed by atoms with Crippen LogP contribution in [-0.4, -0.2) is 13.1 Å². The zero-order valence-electron chi connectivity index (χ0n) is 12.1. The standard InChI is InChI=1S/C18H21FN2/c19-16-10-3-2-9-15(16)17(20)13-21-12-6-5-8-14-7-1-4-11-18(14)21/h1-4,7,9-11,17H,5-6,8,12-13,20H2. The molecule has 2 aromatic carbocycles. The molecule has 1 unspecified atom stereocenters. The quantitative estimate of drug-likeness (QED) is 0.932. The fraction of sp³-hybridized carbons (Fsp3) is 0.333. The van der Waals surface area contributed by atoms with E-state index in [1.807, 2.05) is 6.07 Å². The first-order chi connectivity index (χ1) is 10.3. The van der Waals surface area contributed by atoms with E-state index in [9.17, 15) is 4.39 Å². The SMILES string of the molecule is NC(CN1CCCCc2ccccc21)c1ccccc1F. The van der Waals surface area contributed by atoms with E-state index in [0.29, 0.717) is 12.1 Å². The number of aryl methyl sites for hydroxylation is 1. The van der Waals surface area contributed by atoms with Crippen molar-refractivity contribution in [3.63, 3.8) is 0 Å². The molecule has 0 bridgehead atoms. The summed E-state index contributed by atoms with van der Waals surface area (Å²) in [6.07, 6.45) is 3.46. The van der Waals surface area contributed by atoms with E-state index < -0.39 is 0 Å². The number of anilines is 1. The molecule has 110 valence electrons. The van der Waals surface area contributed by atoms with Gasteiger partial charge in [0.15, 0.2) is 0 Å². The Kier molecular flexibility index (Phi) is 4.20. The predicted octanol–water partition coefficient (Wildman–Crippen LogP) is 3.67. The zero-order valence-corrected chi connectivity index (χ0v) is 12.1. The van der Waals surface area contributed by atoms with Gasteiger partial charge in [-0.3, -0.25) is 0 Å². The van der Waals surface area contributed by atoms with Crippen LogP contribution in [0.4, 0.5) is 10.1 Å². The van der Waals surface area contributed by atoms with Gasteiger partial charge in [0.1, 0.15) is 5.82 Å². The smallest absolute Gasteiger partial charge is 0.128 e. The lowest BCUT2D eigenvalue weighted by Crippen LogP contribution is -2.33. The third-order valence-corrected chi connectivity index (χ3v) is 4.18. The van der Waals surface area contributed by atoms with Gasteiger partial charge in [-0.15, -0.1) is 0 Å². The topological polar surface area (TPSA) is 29.3 Å². The summed E-state index contributed by atoms with van der Waals surface area (Å²) in [5, 5.41) is 0. The number of nitrogens with zero attached hydrogens (tertiary/aromatic N) is 1. The Morgan fingerprint density at radius 3 is 2.67 bits per heavy atom. The molecule has 1 aliphatic rings. The van der Waals surface area contributed by atoms with E-state index in [1.165, 1.54) is 23.7 Å². The molecule has 1 atom stereocenters. The highest BCUT2D eigenvalue weighted by Gasteiger charge is 2.19. The third-order valence-electron chi connectivity index (χ3n) is 4.18. The van der Waals surface area contributed by atoms with Crippen LogP contribution in [0.25, 0.3) is 0 Å². The van der Waals surface area contributed by atoms with Gasteiger partial charge in [-0.25, -0.2) is 4.39 Å². The van der Waals surface area contributed by atoms with Crippen LogP contribution < -0.4 is 10.6 Å². The minimum atomic E-state index is -0.308. The Morgan fingerprint density at radius 1 is 1.05 bits per heavy atom. The van der Waals surface area contributed by atoms with Gasteiger partial charge in [-0.05, 0) is 37.0 Å². The highest BCUT2D eigenvalue weighted by molar-refractivity contribution is 5.54. The van der Waals surface area contributed by atoms with Crippen LogP contribution in [0.5, 0.6) is 0 Å². The van der Waals surface area contributed by atoms with Crippen molar-refractivity contribution in [2.45, 2.75) is 25.3 Å². The van der Waals surface area contributed by atoms with Gasteiger partial charge in [0.2, 0.25) is 0 Å². The Balaban J connectivity index is 1.83. The van der Waals surface area contributed by atoms with Gasteiger partial charge in [-0.2, -0.15) is 0 Å². The van der Waals surface area contributed by atoms with E-state index in [4.69, 9.17) is 5.73 Å². The van der Waals surface area contributed by atoms with Gasteiger partial charge < -0.3 is 10.6 Å². The number of hydrogen-bond acceptors (Lipinski definition) is 2. The maximum atomic E-state index is 13.9. The van der Waals surface area contributed by atoms with Gasteiger partial charge >= 0.3 is 0 Å². The molecule has 0 aliphatic carbocycles. The molecule has 0 aromatic heterocycles. The lowest BCUT2D eigenvalue weighted by atomic mass is 10.1. The van der Waals surface area contributed by atoms with E-state index in [0.717, 1.165) is 19.4 Å². The Labute approximate surface area is 125 Å². The molecule has 21 heavy (non-hydrogen) atoms. The maximum absolute atomic E-state index is 13.9. The monoisotopic (exact) mass is 284 g/mol. The van der Waals surface area contributed by atoms with Crippen LogP contribution in [-0.2, 0) is 6.42 Å². The van der Waals surface area contributed by atoms with Crippen LogP contribution in [0.1, 0.15) is 30.0 Å². The van der Waals surface area contributed by atoms with Crippen molar-refractivity contribution in [3.8, 4) is 0 Å². The molecule has 1 aliphatic heterocycles. The number of rotatable bonds is 3. The summed E-state index contributed by atoms with van der Waals surface area (Å²) in [7, 11) is 0. The number of hydrogen-bond donors (Lipinski definition) is 1. The molecule has 3 rings (SSSR count). The fourth-order valence-corrected chi connectivity index (χ4v) is 3.07. The molecule has 0 saturated heterocycles. The highest BCUT2D eigenvalue weighted by atomic mass is 19.1. The molecule has 2 aromatic rings. The summed E-state index contributed by atoms with van der Waals surface area (Å²) < 4.78 is 13.9. The molecular formula is C18H21FN2. The average Bonchev–Trinajstić information content (AvgIpc) is 2.70. The fourth-order valence-electron chi connectivity index (χ4n) is 3.07. The minimum Gasteiger partial charge on any atom is -0.369 e. The van der Waals surface area contributed by atoms with Gasteiger partial charge in [0, 0.05) is 24.3 Å².